The second-order valence-corrected chi connectivity index (χ2v) is 7.93. The van der Waals surface area contributed by atoms with Crippen LogP contribution in [0.4, 0.5) is 13.2 Å². The van der Waals surface area contributed by atoms with Crippen LogP contribution in [0.5, 0.6) is 0 Å². The summed E-state index contributed by atoms with van der Waals surface area (Å²) in [6.07, 6.45) is -3.79. The van der Waals surface area contributed by atoms with Gasteiger partial charge in [0.2, 0.25) is 11.8 Å². The van der Waals surface area contributed by atoms with Gasteiger partial charge in [-0.05, 0) is 24.1 Å². The van der Waals surface area contributed by atoms with Crippen LogP contribution < -0.4 is 0 Å². The van der Waals surface area contributed by atoms with Gasteiger partial charge in [-0.1, -0.05) is 12.1 Å². The summed E-state index contributed by atoms with van der Waals surface area (Å²) in [6, 6.07) is 4.18. The van der Waals surface area contributed by atoms with E-state index in [-0.39, 0.29) is 18.2 Å². The summed E-state index contributed by atoms with van der Waals surface area (Å²) < 4.78 is 44.1. The minimum atomic E-state index is -4.43. The standard InChI is InChI=1S/C21H28F3N3O3/c1-25(9-10-27-11-13-30-14-12-27)20(29)17-7-8-18(28)26(2)19(17)15-3-5-16(6-4-15)21(22,23)24/h3-6,17,19H,7-14H2,1-2H3. The van der Waals surface area contributed by atoms with Gasteiger partial charge in [0.15, 0.2) is 0 Å². The smallest absolute Gasteiger partial charge is 0.379 e. The van der Waals surface area contributed by atoms with Gasteiger partial charge in [-0.25, -0.2) is 0 Å². The molecule has 30 heavy (non-hydrogen) atoms. The van der Waals surface area contributed by atoms with Crippen LogP contribution in [0, 0.1) is 5.92 Å². The van der Waals surface area contributed by atoms with Crippen LogP contribution in [0.3, 0.4) is 0 Å². The maximum Gasteiger partial charge on any atom is 0.416 e. The number of benzene rings is 1. The second kappa shape index (κ2) is 9.34. The van der Waals surface area contributed by atoms with E-state index in [0.717, 1.165) is 31.8 Å². The van der Waals surface area contributed by atoms with Crippen molar-refractivity contribution in [1.82, 2.24) is 14.7 Å². The van der Waals surface area contributed by atoms with Crippen molar-refractivity contribution >= 4 is 11.8 Å². The molecule has 2 saturated heterocycles. The van der Waals surface area contributed by atoms with Gasteiger partial charge >= 0.3 is 6.18 Å². The zero-order chi connectivity index (χ0) is 21.9. The van der Waals surface area contributed by atoms with E-state index in [0.29, 0.717) is 31.7 Å². The number of nitrogens with zero attached hydrogens (tertiary/aromatic N) is 3. The lowest BCUT2D eigenvalue weighted by molar-refractivity contribution is -0.146. The molecule has 6 nitrogen and oxygen atoms in total. The molecule has 1 aromatic rings. The quantitative estimate of drug-likeness (QED) is 0.724. The topological polar surface area (TPSA) is 53.1 Å². The summed E-state index contributed by atoms with van der Waals surface area (Å²) in [5.74, 6) is -0.688. The van der Waals surface area contributed by atoms with Crippen LogP contribution in [0.15, 0.2) is 24.3 Å². The molecule has 2 aliphatic rings. The zero-order valence-electron chi connectivity index (χ0n) is 17.3. The molecule has 3 rings (SSSR count). The van der Waals surface area contributed by atoms with Gasteiger partial charge in [-0.15, -0.1) is 0 Å². The number of piperidine rings is 1. The molecule has 2 heterocycles. The van der Waals surface area contributed by atoms with Crippen LogP contribution in [0.1, 0.15) is 30.0 Å². The maximum absolute atomic E-state index is 13.2. The average molecular weight is 427 g/mol. The Morgan fingerprint density at radius 1 is 1.20 bits per heavy atom. The number of ether oxygens (including phenoxy) is 1. The summed E-state index contributed by atoms with van der Waals surface area (Å²) in [6.45, 7) is 4.31. The molecule has 2 amide bonds. The third-order valence-corrected chi connectivity index (χ3v) is 5.99. The number of carbonyl (C=O) groups is 2. The number of likely N-dealkylation sites (tertiary alicyclic amines) is 1. The molecule has 2 aliphatic heterocycles. The van der Waals surface area contributed by atoms with E-state index < -0.39 is 23.7 Å². The van der Waals surface area contributed by atoms with Gasteiger partial charge in [0, 0.05) is 46.7 Å². The van der Waals surface area contributed by atoms with E-state index in [1.807, 2.05) is 0 Å². The molecule has 2 unspecified atom stereocenters. The van der Waals surface area contributed by atoms with Crippen LogP contribution in [-0.2, 0) is 20.5 Å². The Balaban J connectivity index is 1.73. The van der Waals surface area contributed by atoms with E-state index in [2.05, 4.69) is 4.90 Å². The summed E-state index contributed by atoms with van der Waals surface area (Å²) >= 11 is 0. The molecule has 0 aliphatic carbocycles. The molecule has 9 heteroatoms. The number of halogens is 3. The van der Waals surface area contributed by atoms with E-state index in [1.54, 1.807) is 19.0 Å². The number of hydrogen-bond acceptors (Lipinski definition) is 4. The van der Waals surface area contributed by atoms with Crippen molar-refractivity contribution in [3.63, 3.8) is 0 Å². The van der Waals surface area contributed by atoms with Gasteiger partial charge in [-0.3, -0.25) is 14.5 Å². The van der Waals surface area contributed by atoms with Crippen molar-refractivity contribution < 1.29 is 27.5 Å². The van der Waals surface area contributed by atoms with Gasteiger partial charge < -0.3 is 14.5 Å². The first kappa shape index (κ1) is 22.6. The molecular weight excluding hydrogens is 399 g/mol. The Labute approximate surface area is 174 Å². The summed E-state index contributed by atoms with van der Waals surface area (Å²) in [7, 11) is 3.35. The lowest BCUT2D eigenvalue weighted by Crippen LogP contribution is -2.48. The Morgan fingerprint density at radius 3 is 2.43 bits per heavy atom. The fraction of sp³-hybridized carbons (Fsp3) is 0.619. The monoisotopic (exact) mass is 427 g/mol. The molecule has 0 saturated carbocycles. The van der Waals surface area contributed by atoms with E-state index in [4.69, 9.17) is 4.74 Å². The molecule has 2 fully saturated rings. The Morgan fingerprint density at radius 2 is 1.83 bits per heavy atom. The molecule has 166 valence electrons. The number of carbonyl (C=O) groups excluding carboxylic acids is 2. The SMILES string of the molecule is CN(CCN1CCOCC1)C(=O)C1CCC(=O)N(C)C1c1ccc(C(F)(F)F)cc1. The predicted octanol–water partition coefficient (Wildman–Crippen LogP) is 2.41. The second-order valence-electron chi connectivity index (χ2n) is 7.93. The number of likely N-dealkylation sites (N-methyl/N-ethyl adjacent to an activating group) is 1. The van der Waals surface area contributed by atoms with Gasteiger partial charge in [-0.2, -0.15) is 13.2 Å². The summed E-state index contributed by atoms with van der Waals surface area (Å²) in [5.41, 5.74) is -0.208. The number of morpholine rings is 1. The van der Waals surface area contributed by atoms with Crippen molar-refractivity contribution in [3.8, 4) is 0 Å². The molecule has 0 bridgehead atoms. The molecule has 0 N–H and O–H groups in total. The number of rotatable bonds is 5. The van der Waals surface area contributed by atoms with Crippen LogP contribution >= 0.6 is 0 Å². The largest absolute Gasteiger partial charge is 0.416 e. The lowest BCUT2D eigenvalue weighted by atomic mass is 9.83. The Bertz CT molecular complexity index is 748. The van der Waals surface area contributed by atoms with Crippen molar-refractivity contribution in [3.05, 3.63) is 35.4 Å². The van der Waals surface area contributed by atoms with E-state index in [1.165, 1.54) is 17.0 Å². The first-order valence-electron chi connectivity index (χ1n) is 10.2. The highest BCUT2D eigenvalue weighted by Gasteiger charge is 2.40. The molecule has 2 atom stereocenters. The van der Waals surface area contributed by atoms with Crippen molar-refractivity contribution in [2.75, 3.05) is 53.5 Å². The first-order chi connectivity index (χ1) is 14.2. The average Bonchev–Trinajstić information content (AvgIpc) is 2.73. The molecule has 0 aromatic heterocycles. The first-order valence-corrected chi connectivity index (χ1v) is 10.2. The van der Waals surface area contributed by atoms with Gasteiger partial charge in [0.05, 0.1) is 30.7 Å². The molecular formula is C21H28F3N3O3. The van der Waals surface area contributed by atoms with Crippen molar-refractivity contribution in [2.45, 2.75) is 25.1 Å². The van der Waals surface area contributed by atoms with Crippen LogP contribution in [0.2, 0.25) is 0 Å². The normalized spacial score (nSPS) is 23.5. The summed E-state index contributed by atoms with van der Waals surface area (Å²) in [4.78, 5) is 30.9. The Kier molecular flexibility index (Phi) is 7.02. The van der Waals surface area contributed by atoms with Crippen LogP contribution in [0.25, 0.3) is 0 Å². The number of alkyl halides is 3. The highest BCUT2D eigenvalue weighted by Crippen LogP contribution is 2.38. The third kappa shape index (κ3) is 5.13. The van der Waals surface area contributed by atoms with Crippen molar-refractivity contribution in [1.29, 1.82) is 0 Å². The maximum atomic E-state index is 13.2. The van der Waals surface area contributed by atoms with Crippen molar-refractivity contribution in [2.24, 2.45) is 5.92 Å². The highest BCUT2D eigenvalue weighted by atomic mass is 19.4. The third-order valence-electron chi connectivity index (χ3n) is 5.99. The zero-order valence-corrected chi connectivity index (χ0v) is 17.3. The van der Waals surface area contributed by atoms with Crippen LogP contribution in [-0.4, -0.2) is 80.0 Å². The van der Waals surface area contributed by atoms with Gasteiger partial charge in [0.25, 0.3) is 0 Å². The fourth-order valence-corrected chi connectivity index (χ4v) is 4.13. The molecule has 0 radical (unpaired) electrons. The van der Waals surface area contributed by atoms with E-state index >= 15 is 0 Å². The number of hydrogen-bond donors (Lipinski definition) is 0. The fourth-order valence-electron chi connectivity index (χ4n) is 4.13. The molecule has 0 spiro atoms. The minimum Gasteiger partial charge on any atom is -0.379 e. The number of amides is 2. The summed E-state index contributed by atoms with van der Waals surface area (Å²) in [5, 5.41) is 0. The van der Waals surface area contributed by atoms with E-state index in [9.17, 15) is 22.8 Å². The highest BCUT2D eigenvalue weighted by molar-refractivity contribution is 5.84. The van der Waals surface area contributed by atoms with Gasteiger partial charge in [0.1, 0.15) is 0 Å². The molecule has 1 aromatic carbocycles. The minimum absolute atomic E-state index is 0.0903. The predicted molar refractivity (Wildman–Crippen MR) is 105 cm³/mol. The Hall–Kier alpha value is -2.13. The lowest BCUT2D eigenvalue weighted by Gasteiger charge is -2.40.